The number of carbonyl (C=O) groups excluding carboxylic acids is 2. The Morgan fingerprint density at radius 3 is 2.66 bits per heavy atom. The third-order valence-electron chi connectivity index (χ3n) is 5.30. The van der Waals surface area contributed by atoms with Crippen molar-refractivity contribution in [3.63, 3.8) is 0 Å². The zero-order chi connectivity index (χ0) is 24.8. The molecule has 0 aliphatic carbocycles. The third kappa shape index (κ3) is 5.96. The fourth-order valence-electron chi connectivity index (χ4n) is 3.58. The largest absolute Gasteiger partial charge is 0.448 e. The van der Waals surface area contributed by atoms with Crippen molar-refractivity contribution in [2.75, 3.05) is 42.7 Å². The van der Waals surface area contributed by atoms with Crippen LogP contribution in [0, 0.1) is 6.92 Å². The smallest absolute Gasteiger partial charge is 0.407 e. The molecule has 2 N–H and O–H groups in total. The molecule has 35 heavy (non-hydrogen) atoms. The van der Waals surface area contributed by atoms with Crippen LogP contribution in [0.25, 0.3) is 0 Å². The normalized spacial score (nSPS) is 14.0. The Balaban J connectivity index is 1.35. The number of amides is 2. The number of ether oxygens (including phenoxy) is 1. The number of aromatic nitrogens is 2. The van der Waals surface area contributed by atoms with Crippen LogP contribution in [0.5, 0.6) is 5.75 Å². The van der Waals surface area contributed by atoms with E-state index in [0.29, 0.717) is 28.6 Å². The summed E-state index contributed by atoms with van der Waals surface area (Å²) in [4.78, 5) is 35.5. The molecule has 182 valence electrons. The average molecular weight is 495 g/mol. The van der Waals surface area contributed by atoms with Gasteiger partial charge in [-0.05, 0) is 42.8 Å². The maximum absolute atomic E-state index is 12.7. The SMILES string of the molecule is Cc1ccnc2c1NC(=O)c1cccnc1N2CCOC(=O)NCCP(C)(=O)Oc1ccccc1. The third-order valence-corrected chi connectivity index (χ3v) is 6.93. The molecule has 11 heteroatoms. The Morgan fingerprint density at radius 1 is 1.09 bits per heavy atom. The first-order valence-electron chi connectivity index (χ1n) is 11.1. The molecule has 1 atom stereocenters. The molecule has 0 bridgehead atoms. The second-order valence-corrected chi connectivity index (χ2v) is 10.7. The fraction of sp³-hybridized carbons (Fsp3) is 0.250. The van der Waals surface area contributed by atoms with E-state index in [2.05, 4.69) is 20.6 Å². The highest BCUT2D eigenvalue weighted by Crippen LogP contribution is 2.42. The first-order chi connectivity index (χ1) is 16.8. The summed E-state index contributed by atoms with van der Waals surface area (Å²) in [5, 5.41) is 5.49. The van der Waals surface area contributed by atoms with Crippen molar-refractivity contribution in [3.8, 4) is 5.75 Å². The van der Waals surface area contributed by atoms with Crippen molar-refractivity contribution < 1.29 is 23.4 Å². The van der Waals surface area contributed by atoms with Crippen molar-refractivity contribution in [3.05, 3.63) is 72.1 Å². The van der Waals surface area contributed by atoms with Crippen molar-refractivity contribution in [1.82, 2.24) is 15.3 Å². The molecule has 1 aliphatic rings. The van der Waals surface area contributed by atoms with Crippen LogP contribution in [0.3, 0.4) is 0 Å². The van der Waals surface area contributed by atoms with Gasteiger partial charge in [-0.1, -0.05) is 18.2 Å². The van der Waals surface area contributed by atoms with Crippen molar-refractivity contribution in [2.45, 2.75) is 6.92 Å². The molecule has 0 saturated carbocycles. The second-order valence-electron chi connectivity index (χ2n) is 8.01. The van der Waals surface area contributed by atoms with Crippen molar-refractivity contribution >= 4 is 36.7 Å². The summed E-state index contributed by atoms with van der Waals surface area (Å²) in [6, 6.07) is 14.1. The number of alkyl carbamates (subject to hydrolysis) is 1. The van der Waals surface area contributed by atoms with Crippen LogP contribution in [0.1, 0.15) is 15.9 Å². The summed E-state index contributed by atoms with van der Waals surface area (Å²) in [7, 11) is -2.94. The first kappa shape index (κ1) is 24.2. The molecule has 2 amide bonds. The zero-order valence-electron chi connectivity index (χ0n) is 19.4. The van der Waals surface area contributed by atoms with Gasteiger partial charge in [0.2, 0.25) is 7.37 Å². The Labute approximate surface area is 203 Å². The monoisotopic (exact) mass is 495 g/mol. The Hall–Kier alpha value is -3.91. The fourth-order valence-corrected chi connectivity index (χ4v) is 4.75. The number of anilines is 3. The van der Waals surface area contributed by atoms with Gasteiger partial charge in [0, 0.05) is 25.6 Å². The van der Waals surface area contributed by atoms with Gasteiger partial charge in [-0.15, -0.1) is 0 Å². The molecule has 10 nitrogen and oxygen atoms in total. The van der Waals surface area contributed by atoms with Crippen molar-refractivity contribution in [2.24, 2.45) is 0 Å². The van der Waals surface area contributed by atoms with Gasteiger partial charge in [0.05, 0.1) is 24.0 Å². The number of hydrogen-bond acceptors (Lipinski definition) is 8. The molecule has 0 saturated heterocycles. The minimum Gasteiger partial charge on any atom is -0.448 e. The predicted octanol–water partition coefficient (Wildman–Crippen LogP) is 4.20. The van der Waals surface area contributed by atoms with Gasteiger partial charge >= 0.3 is 6.09 Å². The maximum atomic E-state index is 12.7. The lowest BCUT2D eigenvalue weighted by atomic mass is 10.2. The van der Waals surface area contributed by atoms with E-state index in [9.17, 15) is 14.2 Å². The molecule has 1 unspecified atom stereocenters. The van der Waals surface area contributed by atoms with Crippen LogP contribution in [0.15, 0.2) is 60.9 Å². The first-order valence-corrected chi connectivity index (χ1v) is 13.3. The van der Waals surface area contributed by atoms with E-state index in [4.69, 9.17) is 9.26 Å². The highest BCUT2D eigenvalue weighted by Gasteiger charge is 2.28. The van der Waals surface area contributed by atoms with Gasteiger partial charge in [0.15, 0.2) is 5.82 Å². The number of hydrogen-bond donors (Lipinski definition) is 2. The number of aryl methyl sites for hydroxylation is 1. The summed E-state index contributed by atoms with van der Waals surface area (Å²) < 4.78 is 23.5. The molecule has 4 rings (SSSR count). The number of rotatable bonds is 8. The Bertz CT molecular complexity index is 1270. The molecule has 3 aromatic rings. The van der Waals surface area contributed by atoms with Crippen LogP contribution in [0.2, 0.25) is 0 Å². The summed E-state index contributed by atoms with van der Waals surface area (Å²) in [6.07, 6.45) is 2.75. The summed E-state index contributed by atoms with van der Waals surface area (Å²) in [6.45, 7) is 3.77. The zero-order valence-corrected chi connectivity index (χ0v) is 20.3. The Kier molecular flexibility index (Phi) is 7.31. The summed E-state index contributed by atoms with van der Waals surface area (Å²) in [5.74, 6) is 1.18. The highest BCUT2D eigenvalue weighted by atomic mass is 31.2. The number of benzene rings is 1. The number of nitrogens with one attached hydrogen (secondary N) is 2. The molecule has 0 radical (unpaired) electrons. The van der Waals surface area contributed by atoms with Gasteiger partial charge in [-0.25, -0.2) is 14.8 Å². The molecule has 1 aromatic carbocycles. The quantitative estimate of drug-likeness (QED) is 0.446. The van der Waals surface area contributed by atoms with E-state index in [-0.39, 0.29) is 31.8 Å². The minimum atomic E-state index is -2.94. The standard InChI is InChI=1S/C24H26N5O5P/c1-17-10-12-26-22-20(17)28-23(30)19-9-6-11-25-21(19)29(22)14-15-33-24(31)27-13-16-35(2,32)34-18-7-4-3-5-8-18/h3-12H,13-16H2,1-2H3,(H,27,31)(H,28,30). The molecule has 1 aliphatic heterocycles. The van der Waals surface area contributed by atoms with E-state index in [1.807, 2.05) is 13.0 Å². The van der Waals surface area contributed by atoms with Crippen LogP contribution in [0.4, 0.5) is 22.1 Å². The number of nitrogens with zero attached hydrogens (tertiary/aromatic N) is 3. The van der Waals surface area contributed by atoms with Crippen LogP contribution < -0.4 is 20.1 Å². The highest BCUT2D eigenvalue weighted by molar-refractivity contribution is 7.58. The molecular weight excluding hydrogens is 469 g/mol. The number of pyridine rings is 2. The second kappa shape index (κ2) is 10.6. The van der Waals surface area contributed by atoms with Gasteiger partial charge in [0.25, 0.3) is 5.91 Å². The van der Waals surface area contributed by atoms with Crippen LogP contribution >= 0.6 is 7.37 Å². The lowest BCUT2D eigenvalue weighted by molar-refractivity contribution is 0.102. The maximum Gasteiger partial charge on any atom is 0.407 e. The van der Waals surface area contributed by atoms with E-state index < -0.39 is 13.5 Å². The number of fused-ring (bicyclic) bond motifs is 2. The molecule has 3 heterocycles. The van der Waals surface area contributed by atoms with Crippen molar-refractivity contribution in [1.29, 1.82) is 0 Å². The predicted molar refractivity (Wildman–Crippen MR) is 133 cm³/mol. The molecule has 2 aromatic heterocycles. The molecule has 0 spiro atoms. The van der Waals surface area contributed by atoms with Crippen LogP contribution in [-0.2, 0) is 9.30 Å². The van der Waals surface area contributed by atoms with Gasteiger partial charge < -0.3 is 24.8 Å². The lowest BCUT2D eigenvalue weighted by Gasteiger charge is -2.24. The number of para-hydroxylation sites is 1. The molecular formula is C24H26N5O5P. The van der Waals surface area contributed by atoms with Gasteiger partial charge in [-0.3, -0.25) is 9.36 Å². The van der Waals surface area contributed by atoms with Crippen LogP contribution in [-0.4, -0.2) is 54.5 Å². The number of carbonyl (C=O) groups is 2. The lowest BCUT2D eigenvalue weighted by Crippen LogP contribution is -2.31. The van der Waals surface area contributed by atoms with E-state index >= 15 is 0 Å². The average Bonchev–Trinajstić information content (AvgIpc) is 2.95. The van der Waals surface area contributed by atoms with E-state index in [1.54, 1.807) is 59.8 Å². The van der Waals surface area contributed by atoms with E-state index in [1.165, 1.54) is 6.66 Å². The summed E-state index contributed by atoms with van der Waals surface area (Å²) in [5.41, 5.74) is 1.82. The van der Waals surface area contributed by atoms with Gasteiger partial charge in [0.1, 0.15) is 18.2 Å². The summed E-state index contributed by atoms with van der Waals surface area (Å²) >= 11 is 0. The van der Waals surface area contributed by atoms with Gasteiger partial charge in [-0.2, -0.15) is 0 Å². The minimum absolute atomic E-state index is 0.00933. The Morgan fingerprint density at radius 2 is 1.86 bits per heavy atom. The topological polar surface area (TPSA) is 123 Å². The van der Waals surface area contributed by atoms with E-state index in [0.717, 1.165) is 5.56 Å². The molecule has 0 fully saturated rings.